The van der Waals surface area contributed by atoms with Gasteiger partial charge in [-0.2, -0.15) is 0 Å². The average Bonchev–Trinajstić information content (AvgIpc) is 2.92. The van der Waals surface area contributed by atoms with Gasteiger partial charge in [-0.25, -0.2) is 0 Å². The van der Waals surface area contributed by atoms with Crippen LogP contribution >= 0.6 is 0 Å². The highest BCUT2D eigenvalue weighted by atomic mass is 16.3. The van der Waals surface area contributed by atoms with Crippen molar-refractivity contribution in [2.24, 2.45) is 29.1 Å². The summed E-state index contributed by atoms with van der Waals surface area (Å²) in [5, 5.41) is 20.5. The molecule has 3 saturated carbocycles. The van der Waals surface area contributed by atoms with Crippen molar-refractivity contribution in [3.05, 3.63) is 35.5 Å². The molecule has 0 aromatic carbocycles. The molecule has 0 amide bonds. The lowest BCUT2D eigenvalue weighted by Crippen LogP contribution is -2.44. The van der Waals surface area contributed by atoms with Crippen LogP contribution in [-0.2, 0) is 0 Å². The topological polar surface area (TPSA) is 40.5 Å². The third-order valence-corrected chi connectivity index (χ3v) is 9.05. The van der Waals surface area contributed by atoms with Crippen molar-refractivity contribution in [1.29, 1.82) is 0 Å². The van der Waals surface area contributed by atoms with Crippen molar-refractivity contribution in [3.8, 4) is 0 Å². The Morgan fingerprint density at radius 3 is 2.48 bits per heavy atom. The molecule has 0 heterocycles. The van der Waals surface area contributed by atoms with Gasteiger partial charge < -0.3 is 10.2 Å². The molecule has 0 saturated heterocycles. The van der Waals surface area contributed by atoms with Crippen LogP contribution in [0.5, 0.6) is 0 Å². The summed E-state index contributed by atoms with van der Waals surface area (Å²) in [5.41, 5.74) is 2.85. The highest BCUT2D eigenvalue weighted by Crippen LogP contribution is 2.57. The summed E-state index contributed by atoms with van der Waals surface area (Å²) in [6.07, 6.45) is 22.6. The first-order valence-electron chi connectivity index (χ1n) is 13.1. The summed E-state index contributed by atoms with van der Waals surface area (Å²) < 4.78 is 0. The molecule has 0 aliphatic heterocycles. The average molecular weight is 429 g/mol. The fourth-order valence-electron chi connectivity index (χ4n) is 6.67. The molecule has 3 rings (SSSR count). The molecule has 3 fully saturated rings. The zero-order chi connectivity index (χ0) is 22.6. The van der Waals surface area contributed by atoms with E-state index in [1.807, 2.05) is 13.8 Å². The third kappa shape index (κ3) is 6.14. The Hall–Kier alpha value is -0.860. The van der Waals surface area contributed by atoms with Gasteiger partial charge in [-0.3, -0.25) is 0 Å². The van der Waals surface area contributed by atoms with Gasteiger partial charge in [0.1, 0.15) is 0 Å². The second-order valence-electron chi connectivity index (χ2n) is 11.8. The van der Waals surface area contributed by atoms with Crippen LogP contribution in [0.1, 0.15) is 105 Å². The summed E-state index contributed by atoms with van der Waals surface area (Å²) in [5.74, 6) is 2.14. The second kappa shape index (κ2) is 10.4. The molecule has 0 bridgehead atoms. The maximum atomic E-state index is 10.3. The van der Waals surface area contributed by atoms with Crippen LogP contribution in [0, 0.1) is 29.1 Å². The SMILES string of the molecule is C[C@H](/C=C/[C@H](C)C(C)(C)O)C1CCCC2/C(=C/C=C3/CCCC[C@H](O)C3)CCC[C@@]21C. The van der Waals surface area contributed by atoms with Gasteiger partial charge in [-0.1, -0.05) is 69.1 Å². The molecule has 0 radical (unpaired) electrons. The Kier molecular flexibility index (Phi) is 8.30. The lowest BCUT2D eigenvalue weighted by molar-refractivity contribution is 0.0116. The molecule has 2 N–H and O–H groups in total. The van der Waals surface area contributed by atoms with Crippen molar-refractivity contribution in [1.82, 2.24) is 0 Å². The van der Waals surface area contributed by atoms with Crippen molar-refractivity contribution in [2.75, 3.05) is 0 Å². The van der Waals surface area contributed by atoms with Gasteiger partial charge in [-0.05, 0) is 94.8 Å². The number of hydrogen-bond acceptors (Lipinski definition) is 2. The molecule has 2 heteroatoms. The van der Waals surface area contributed by atoms with Crippen LogP contribution in [0.3, 0.4) is 0 Å². The Morgan fingerprint density at radius 2 is 1.74 bits per heavy atom. The molecule has 0 aromatic heterocycles. The van der Waals surface area contributed by atoms with E-state index in [1.165, 1.54) is 50.5 Å². The van der Waals surface area contributed by atoms with Gasteiger partial charge in [0.2, 0.25) is 0 Å². The fraction of sp³-hybridized carbons (Fsp3) is 0.793. The summed E-state index contributed by atoms with van der Waals surface area (Å²) in [4.78, 5) is 0. The molecule has 31 heavy (non-hydrogen) atoms. The molecule has 2 nitrogen and oxygen atoms in total. The largest absolute Gasteiger partial charge is 0.393 e. The zero-order valence-corrected chi connectivity index (χ0v) is 20.9. The van der Waals surface area contributed by atoms with Crippen molar-refractivity contribution >= 4 is 0 Å². The monoisotopic (exact) mass is 428 g/mol. The van der Waals surface area contributed by atoms with E-state index < -0.39 is 5.60 Å². The van der Waals surface area contributed by atoms with Gasteiger partial charge >= 0.3 is 0 Å². The van der Waals surface area contributed by atoms with E-state index in [-0.39, 0.29) is 12.0 Å². The van der Waals surface area contributed by atoms with E-state index in [4.69, 9.17) is 0 Å². The smallest absolute Gasteiger partial charge is 0.0651 e. The second-order valence-corrected chi connectivity index (χ2v) is 11.8. The quantitative estimate of drug-likeness (QED) is 0.354. The number of aliphatic hydroxyl groups is 2. The summed E-state index contributed by atoms with van der Waals surface area (Å²) in [6, 6.07) is 0. The normalized spacial score (nSPS) is 37.6. The minimum atomic E-state index is -0.658. The van der Waals surface area contributed by atoms with E-state index in [2.05, 4.69) is 45.1 Å². The first-order valence-corrected chi connectivity index (χ1v) is 13.1. The third-order valence-electron chi connectivity index (χ3n) is 9.05. The van der Waals surface area contributed by atoms with Crippen LogP contribution in [-0.4, -0.2) is 21.9 Å². The fourth-order valence-corrected chi connectivity index (χ4v) is 6.67. The Morgan fingerprint density at radius 1 is 0.968 bits per heavy atom. The molecular formula is C29H48O2. The van der Waals surface area contributed by atoms with E-state index in [0.717, 1.165) is 25.7 Å². The predicted molar refractivity (Wildman–Crippen MR) is 132 cm³/mol. The van der Waals surface area contributed by atoms with E-state index in [9.17, 15) is 10.2 Å². The lowest BCUT2D eigenvalue weighted by atomic mass is 9.51. The summed E-state index contributed by atoms with van der Waals surface area (Å²) >= 11 is 0. The van der Waals surface area contributed by atoms with Crippen molar-refractivity contribution in [2.45, 2.75) is 117 Å². The molecule has 3 aliphatic carbocycles. The van der Waals surface area contributed by atoms with E-state index >= 15 is 0 Å². The first kappa shape index (κ1) is 24.8. The number of hydrogen-bond donors (Lipinski definition) is 2. The van der Waals surface area contributed by atoms with Crippen molar-refractivity contribution < 1.29 is 10.2 Å². The molecule has 6 atom stereocenters. The summed E-state index contributed by atoms with van der Waals surface area (Å²) in [7, 11) is 0. The van der Waals surface area contributed by atoms with Crippen LogP contribution in [0.2, 0.25) is 0 Å². The first-order chi connectivity index (χ1) is 14.6. The zero-order valence-electron chi connectivity index (χ0n) is 20.9. The molecule has 0 aromatic rings. The van der Waals surface area contributed by atoms with Gasteiger partial charge in [-0.15, -0.1) is 0 Å². The van der Waals surface area contributed by atoms with Gasteiger partial charge in [0.15, 0.2) is 0 Å². The molecule has 176 valence electrons. The number of aliphatic hydroxyl groups excluding tert-OH is 1. The number of fused-ring (bicyclic) bond motifs is 1. The number of rotatable bonds is 5. The van der Waals surface area contributed by atoms with E-state index in [1.54, 1.807) is 5.57 Å². The maximum absolute atomic E-state index is 10.3. The molecule has 3 aliphatic rings. The van der Waals surface area contributed by atoms with Crippen LogP contribution in [0.25, 0.3) is 0 Å². The van der Waals surface area contributed by atoms with Crippen molar-refractivity contribution in [3.63, 3.8) is 0 Å². The van der Waals surface area contributed by atoms with Crippen LogP contribution < -0.4 is 0 Å². The van der Waals surface area contributed by atoms with E-state index in [0.29, 0.717) is 23.2 Å². The minimum absolute atomic E-state index is 0.137. The van der Waals surface area contributed by atoms with Crippen LogP contribution in [0.4, 0.5) is 0 Å². The minimum Gasteiger partial charge on any atom is -0.393 e. The van der Waals surface area contributed by atoms with Gasteiger partial charge in [0, 0.05) is 5.92 Å². The molecular weight excluding hydrogens is 380 g/mol. The standard InChI is InChI=1S/C29H48O2/c1-21(15-16-22(2)28(3,4)31)26-13-8-14-27-24(11-9-19-29(26,27)5)18-17-23-10-6-7-12-25(30)20-23/h15-18,21-22,25-27,30-31H,6-14,19-20H2,1-5H3/b16-15+,23-17-,24-18+/t21-,22+,25+,26?,27?,29-/m1/s1. The Labute approximate surface area is 191 Å². The van der Waals surface area contributed by atoms with Crippen LogP contribution in [0.15, 0.2) is 35.5 Å². The van der Waals surface area contributed by atoms with Gasteiger partial charge in [0.25, 0.3) is 0 Å². The Bertz CT molecular complexity index is 679. The Balaban J connectivity index is 1.76. The van der Waals surface area contributed by atoms with Gasteiger partial charge in [0.05, 0.1) is 11.7 Å². The predicted octanol–water partition coefficient (Wildman–Crippen LogP) is 7.37. The highest BCUT2D eigenvalue weighted by molar-refractivity contribution is 5.25. The number of allylic oxidation sites excluding steroid dienone is 4. The molecule has 0 spiro atoms. The molecule has 2 unspecified atom stereocenters. The lowest BCUT2D eigenvalue weighted by Gasteiger charge is -2.53. The highest BCUT2D eigenvalue weighted by Gasteiger charge is 2.47. The summed E-state index contributed by atoms with van der Waals surface area (Å²) in [6.45, 7) is 10.9. The maximum Gasteiger partial charge on any atom is 0.0651 e.